The van der Waals surface area contributed by atoms with E-state index in [4.69, 9.17) is 0 Å². The van der Waals surface area contributed by atoms with E-state index in [-0.39, 0.29) is 6.10 Å². The molecule has 2 aliphatic rings. The van der Waals surface area contributed by atoms with E-state index in [1.165, 1.54) is 18.4 Å². The fourth-order valence-corrected chi connectivity index (χ4v) is 3.86. The van der Waals surface area contributed by atoms with E-state index in [0.717, 1.165) is 25.8 Å². The van der Waals surface area contributed by atoms with Crippen LogP contribution in [0.4, 0.5) is 0 Å². The normalized spacial score (nSPS) is 32.7. The molecule has 1 N–H and O–H groups in total. The summed E-state index contributed by atoms with van der Waals surface area (Å²) in [6, 6.07) is 1.41. The molecule has 0 saturated carbocycles. The second-order valence-corrected chi connectivity index (χ2v) is 6.26. The fraction of sp³-hybridized carbons (Fsp3) is 0.800. The minimum absolute atomic E-state index is 0.202. The average molecular weight is 263 g/mol. The first-order valence-electron chi connectivity index (χ1n) is 7.58. The van der Waals surface area contributed by atoms with Gasteiger partial charge in [-0.15, -0.1) is 0 Å². The van der Waals surface area contributed by atoms with Crippen molar-refractivity contribution in [2.24, 2.45) is 5.92 Å². The molecule has 2 bridgehead atoms. The van der Waals surface area contributed by atoms with E-state index in [9.17, 15) is 5.11 Å². The van der Waals surface area contributed by atoms with Crippen molar-refractivity contribution in [3.05, 3.63) is 18.0 Å². The molecule has 0 aliphatic carbocycles. The van der Waals surface area contributed by atoms with Gasteiger partial charge in [-0.3, -0.25) is 4.68 Å². The molecule has 106 valence electrons. The molecule has 4 nitrogen and oxygen atoms in total. The summed E-state index contributed by atoms with van der Waals surface area (Å²) in [5.74, 6) is 0.471. The van der Waals surface area contributed by atoms with Gasteiger partial charge in [-0.2, -0.15) is 5.10 Å². The molecule has 2 aliphatic heterocycles. The molecular formula is C15H25N3O. The maximum Gasteiger partial charge on any atom is 0.0611 e. The molecule has 2 fully saturated rings. The Morgan fingerprint density at radius 2 is 2.05 bits per heavy atom. The number of aryl methyl sites for hydroxylation is 1. The monoisotopic (exact) mass is 263 g/mol. The molecule has 4 heteroatoms. The molecule has 3 unspecified atom stereocenters. The van der Waals surface area contributed by atoms with Gasteiger partial charge in [0.2, 0.25) is 0 Å². The van der Waals surface area contributed by atoms with Crippen LogP contribution in [0.5, 0.6) is 0 Å². The Hall–Kier alpha value is -0.870. The van der Waals surface area contributed by atoms with E-state index in [1.807, 2.05) is 10.9 Å². The lowest BCUT2D eigenvalue weighted by molar-refractivity contribution is 0.0368. The Bertz CT molecular complexity index is 417. The topological polar surface area (TPSA) is 41.3 Å². The van der Waals surface area contributed by atoms with E-state index in [2.05, 4.69) is 30.2 Å². The van der Waals surface area contributed by atoms with Crippen LogP contribution in [0.3, 0.4) is 0 Å². The number of rotatable bonds is 4. The van der Waals surface area contributed by atoms with E-state index in [0.29, 0.717) is 18.0 Å². The smallest absolute Gasteiger partial charge is 0.0611 e. The van der Waals surface area contributed by atoms with E-state index < -0.39 is 0 Å². The third-order valence-corrected chi connectivity index (χ3v) is 5.13. The van der Waals surface area contributed by atoms with Crippen LogP contribution in [-0.4, -0.2) is 45.0 Å². The lowest BCUT2D eigenvalue weighted by atomic mass is 9.84. The SMILES string of the molecule is CCn1cc(CC(O)C2CC3CCC(C2)N3C)cn1. The van der Waals surface area contributed by atoms with Gasteiger partial charge in [0.05, 0.1) is 12.3 Å². The van der Waals surface area contributed by atoms with Crippen LogP contribution in [0.15, 0.2) is 12.4 Å². The van der Waals surface area contributed by atoms with Gasteiger partial charge >= 0.3 is 0 Å². The third-order valence-electron chi connectivity index (χ3n) is 5.13. The average Bonchev–Trinajstić information content (AvgIpc) is 2.91. The number of hydrogen-bond acceptors (Lipinski definition) is 3. The summed E-state index contributed by atoms with van der Waals surface area (Å²) < 4.78 is 1.93. The minimum atomic E-state index is -0.202. The van der Waals surface area contributed by atoms with Crippen LogP contribution in [0, 0.1) is 5.92 Å². The predicted octanol–water partition coefficient (Wildman–Crippen LogP) is 1.68. The Labute approximate surface area is 115 Å². The highest BCUT2D eigenvalue weighted by atomic mass is 16.3. The van der Waals surface area contributed by atoms with Gasteiger partial charge in [0.1, 0.15) is 0 Å². The number of aromatic nitrogens is 2. The van der Waals surface area contributed by atoms with Crippen molar-refractivity contribution in [1.29, 1.82) is 0 Å². The maximum atomic E-state index is 10.5. The molecule has 0 aromatic carbocycles. The van der Waals surface area contributed by atoms with Crippen molar-refractivity contribution in [1.82, 2.24) is 14.7 Å². The van der Waals surface area contributed by atoms with Crippen molar-refractivity contribution < 1.29 is 5.11 Å². The standard InChI is InChI=1S/C15H25N3O/c1-3-18-10-11(9-16-18)6-15(19)12-7-13-4-5-14(8-12)17(13)2/h9-10,12-15,19H,3-8H2,1-2H3. The van der Waals surface area contributed by atoms with Gasteiger partial charge in [0, 0.05) is 31.2 Å². The van der Waals surface area contributed by atoms with Crippen molar-refractivity contribution >= 4 is 0 Å². The number of aliphatic hydroxyl groups is 1. The van der Waals surface area contributed by atoms with E-state index >= 15 is 0 Å². The Kier molecular flexibility index (Phi) is 3.63. The van der Waals surface area contributed by atoms with Crippen molar-refractivity contribution in [2.75, 3.05) is 7.05 Å². The highest BCUT2D eigenvalue weighted by molar-refractivity contribution is 5.07. The molecule has 1 aromatic heterocycles. The Morgan fingerprint density at radius 1 is 1.37 bits per heavy atom. The fourth-order valence-electron chi connectivity index (χ4n) is 3.86. The van der Waals surface area contributed by atoms with Crippen molar-refractivity contribution in [3.63, 3.8) is 0 Å². The van der Waals surface area contributed by atoms with Crippen LogP contribution in [0.1, 0.15) is 38.2 Å². The summed E-state index contributed by atoms with van der Waals surface area (Å²) in [6.45, 7) is 2.98. The van der Waals surface area contributed by atoms with Crippen LogP contribution < -0.4 is 0 Å². The summed E-state index contributed by atoms with van der Waals surface area (Å²) in [5, 5.41) is 14.8. The Balaban J connectivity index is 1.60. The van der Waals surface area contributed by atoms with Gasteiger partial charge in [-0.05, 0) is 51.1 Å². The van der Waals surface area contributed by atoms with Gasteiger partial charge in [0.25, 0.3) is 0 Å². The van der Waals surface area contributed by atoms with Crippen molar-refractivity contribution in [3.8, 4) is 0 Å². The van der Waals surface area contributed by atoms with E-state index in [1.54, 1.807) is 0 Å². The lowest BCUT2D eigenvalue weighted by Crippen LogP contribution is -2.43. The lowest BCUT2D eigenvalue weighted by Gasteiger charge is -2.38. The molecular weight excluding hydrogens is 238 g/mol. The largest absolute Gasteiger partial charge is 0.392 e. The van der Waals surface area contributed by atoms with Crippen LogP contribution >= 0.6 is 0 Å². The van der Waals surface area contributed by atoms with Gasteiger partial charge in [-0.1, -0.05) is 0 Å². The Morgan fingerprint density at radius 3 is 2.63 bits per heavy atom. The zero-order valence-corrected chi connectivity index (χ0v) is 12.0. The van der Waals surface area contributed by atoms with Crippen molar-refractivity contribution in [2.45, 2.75) is 63.8 Å². The van der Waals surface area contributed by atoms with Gasteiger partial charge in [0.15, 0.2) is 0 Å². The molecule has 0 amide bonds. The number of aliphatic hydroxyl groups excluding tert-OH is 1. The quantitative estimate of drug-likeness (QED) is 0.898. The second-order valence-electron chi connectivity index (χ2n) is 6.26. The number of fused-ring (bicyclic) bond motifs is 2. The van der Waals surface area contributed by atoms with Crippen LogP contribution in [-0.2, 0) is 13.0 Å². The van der Waals surface area contributed by atoms with Crippen LogP contribution in [0.2, 0.25) is 0 Å². The first kappa shape index (κ1) is 13.1. The molecule has 19 heavy (non-hydrogen) atoms. The molecule has 3 rings (SSSR count). The second kappa shape index (κ2) is 5.25. The molecule has 1 aromatic rings. The van der Waals surface area contributed by atoms with Gasteiger partial charge in [-0.25, -0.2) is 0 Å². The molecule has 3 atom stereocenters. The summed E-state index contributed by atoms with van der Waals surface area (Å²) in [5.41, 5.74) is 1.17. The summed E-state index contributed by atoms with van der Waals surface area (Å²) in [4.78, 5) is 2.53. The van der Waals surface area contributed by atoms with Gasteiger partial charge < -0.3 is 10.0 Å². The summed E-state index contributed by atoms with van der Waals surface area (Å²) >= 11 is 0. The predicted molar refractivity (Wildman–Crippen MR) is 74.9 cm³/mol. The number of hydrogen-bond donors (Lipinski definition) is 1. The molecule has 0 radical (unpaired) electrons. The molecule has 0 spiro atoms. The maximum absolute atomic E-state index is 10.5. The first-order chi connectivity index (χ1) is 9.17. The third kappa shape index (κ3) is 2.56. The highest BCUT2D eigenvalue weighted by Gasteiger charge is 2.40. The number of nitrogens with zero attached hydrogens (tertiary/aromatic N) is 3. The minimum Gasteiger partial charge on any atom is -0.392 e. The first-order valence-corrected chi connectivity index (χ1v) is 7.58. The zero-order valence-electron chi connectivity index (χ0n) is 12.0. The zero-order chi connectivity index (χ0) is 13.4. The molecule has 2 saturated heterocycles. The number of piperidine rings is 1. The highest BCUT2D eigenvalue weighted by Crippen LogP contribution is 2.39. The van der Waals surface area contributed by atoms with Crippen LogP contribution in [0.25, 0.3) is 0 Å². The molecule has 3 heterocycles. The summed E-state index contributed by atoms with van der Waals surface area (Å²) in [6.07, 6.45) is 9.48. The summed E-state index contributed by atoms with van der Waals surface area (Å²) in [7, 11) is 2.25.